The molecule has 6 nitrogen and oxygen atoms in total. The van der Waals surface area contributed by atoms with Crippen LogP contribution in [0.5, 0.6) is 0 Å². The second kappa shape index (κ2) is 2.71. The number of likely N-dealkylation sites (N-methyl/N-ethyl adjacent to an activating group) is 1. The number of rotatable bonds is 1. The molecule has 0 radical (unpaired) electrons. The molecule has 3 heterocycles. The Hall–Kier alpha value is -0.980. The minimum Gasteiger partial charge on any atom is -0.391 e. The number of esters is 2. The lowest BCUT2D eigenvalue weighted by Gasteiger charge is -2.41. The van der Waals surface area contributed by atoms with E-state index in [0.29, 0.717) is 6.42 Å². The van der Waals surface area contributed by atoms with E-state index in [9.17, 15) is 14.7 Å². The average molecular weight is 241 g/mol. The van der Waals surface area contributed by atoms with Gasteiger partial charge in [-0.25, -0.2) is 4.79 Å². The van der Waals surface area contributed by atoms with Gasteiger partial charge in [-0.15, -0.1) is 0 Å². The maximum atomic E-state index is 12.0. The van der Waals surface area contributed by atoms with Gasteiger partial charge >= 0.3 is 11.9 Å². The van der Waals surface area contributed by atoms with Crippen LogP contribution < -0.4 is 5.32 Å². The molecule has 0 amide bonds. The van der Waals surface area contributed by atoms with E-state index in [1.807, 2.05) is 0 Å². The molecule has 94 valence electrons. The maximum Gasteiger partial charge on any atom is 0.338 e. The Kier molecular flexibility index (Phi) is 1.77. The molecule has 0 aromatic heterocycles. The van der Waals surface area contributed by atoms with Crippen molar-refractivity contribution < 1.29 is 24.2 Å². The normalized spacial score (nSPS) is 56.2. The van der Waals surface area contributed by atoms with Crippen molar-refractivity contribution in [2.45, 2.75) is 43.1 Å². The van der Waals surface area contributed by atoms with Crippen molar-refractivity contribution in [2.75, 3.05) is 7.05 Å². The molecule has 3 rings (SSSR count). The third-order valence-electron chi connectivity index (χ3n) is 4.65. The fourth-order valence-electron chi connectivity index (χ4n) is 3.91. The molecular formula is C11H15NO5. The van der Waals surface area contributed by atoms with Crippen molar-refractivity contribution in [2.24, 2.45) is 5.92 Å². The van der Waals surface area contributed by atoms with Crippen LogP contribution in [0.2, 0.25) is 0 Å². The molecule has 2 bridgehead atoms. The second-order valence-electron chi connectivity index (χ2n) is 5.44. The molecule has 3 saturated heterocycles. The second-order valence-corrected chi connectivity index (χ2v) is 5.44. The summed E-state index contributed by atoms with van der Waals surface area (Å²) in [5.41, 5.74) is -3.23. The largest absolute Gasteiger partial charge is 0.391 e. The SMILES string of the molecule is CN[C@@]12C(=O)OC(=O)C1C1(C)C[C@H](O)C2(C)O1. The van der Waals surface area contributed by atoms with Gasteiger partial charge in [0.2, 0.25) is 0 Å². The summed E-state index contributed by atoms with van der Waals surface area (Å²) >= 11 is 0. The first kappa shape index (κ1) is 11.1. The van der Waals surface area contributed by atoms with Gasteiger partial charge in [0.05, 0.1) is 11.7 Å². The van der Waals surface area contributed by atoms with Gasteiger partial charge in [-0.1, -0.05) is 0 Å². The Balaban J connectivity index is 2.25. The summed E-state index contributed by atoms with van der Waals surface area (Å²) in [4.78, 5) is 23.8. The van der Waals surface area contributed by atoms with Gasteiger partial charge < -0.3 is 19.9 Å². The zero-order valence-electron chi connectivity index (χ0n) is 9.94. The van der Waals surface area contributed by atoms with Gasteiger partial charge in [-0.05, 0) is 20.9 Å². The van der Waals surface area contributed by atoms with Gasteiger partial charge in [-0.2, -0.15) is 0 Å². The van der Waals surface area contributed by atoms with Crippen LogP contribution in [0.4, 0.5) is 0 Å². The van der Waals surface area contributed by atoms with E-state index < -0.39 is 40.7 Å². The molecule has 6 heteroatoms. The van der Waals surface area contributed by atoms with E-state index in [1.54, 1.807) is 20.9 Å². The third kappa shape index (κ3) is 0.873. The summed E-state index contributed by atoms with van der Waals surface area (Å²) < 4.78 is 10.6. The molecule has 2 N–H and O–H groups in total. The van der Waals surface area contributed by atoms with Crippen LogP contribution >= 0.6 is 0 Å². The van der Waals surface area contributed by atoms with Crippen LogP contribution in [0.15, 0.2) is 0 Å². The van der Waals surface area contributed by atoms with Crippen LogP contribution in [-0.2, 0) is 19.1 Å². The first-order valence-electron chi connectivity index (χ1n) is 5.65. The van der Waals surface area contributed by atoms with E-state index in [0.717, 1.165) is 0 Å². The Morgan fingerprint density at radius 3 is 2.65 bits per heavy atom. The molecule has 0 saturated carbocycles. The Bertz CT molecular complexity index is 438. The first-order valence-corrected chi connectivity index (χ1v) is 5.65. The van der Waals surface area contributed by atoms with E-state index in [1.165, 1.54) is 0 Å². The van der Waals surface area contributed by atoms with Crippen molar-refractivity contribution in [1.29, 1.82) is 0 Å². The van der Waals surface area contributed by atoms with Crippen molar-refractivity contribution in [3.8, 4) is 0 Å². The summed E-state index contributed by atoms with van der Waals surface area (Å²) in [6.45, 7) is 3.39. The lowest BCUT2D eigenvalue weighted by atomic mass is 9.62. The minimum absolute atomic E-state index is 0.333. The summed E-state index contributed by atoms with van der Waals surface area (Å²) in [6, 6.07) is 0. The Labute approximate surface area is 98.3 Å². The maximum absolute atomic E-state index is 12.0. The van der Waals surface area contributed by atoms with Crippen molar-refractivity contribution in [1.82, 2.24) is 5.32 Å². The van der Waals surface area contributed by atoms with Crippen LogP contribution in [-0.4, -0.2) is 46.9 Å². The van der Waals surface area contributed by atoms with E-state index in [-0.39, 0.29) is 0 Å². The lowest BCUT2D eigenvalue weighted by Crippen LogP contribution is -2.70. The van der Waals surface area contributed by atoms with Crippen molar-refractivity contribution >= 4 is 11.9 Å². The highest BCUT2D eigenvalue weighted by atomic mass is 16.6. The van der Waals surface area contributed by atoms with Gasteiger partial charge in [0.1, 0.15) is 11.5 Å². The van der Waals surface area contributed by atoms with E-state index >= 15 is 0 Å². The molecule has 3 unspecified atom stereocenters. The summed E-state index contributed by atoms with van der Waals surface area (Å²) in [5.74, 6) is -1.91. The Morgan fingerprint density at radius 2 is 2.06 bits per heavy atom. The summed E-state index contributed by atoms with van der Waals surface area (Å²) in [6.07, 6.45) is -0.463. The molecule has 5 atom stereocenters. The van der Waals surface area contributed by atoms with Crippen LogP contribution in [0, 0.1) is 5.92 Å². The predicted octanol–water partition coefficient (Wildman–Crippen LogP) is -1.04. The number of carbonyl (C=O) groups is 2. The van der Waals surface area contributed by atoms with Crippen LogP contribution in [0.1, 0.15) is 20.3 Å². The fraction of sp³-hybridized carbons (Fsp3) is 0.818. The van der Waals surface area contributed by atoms with Gasteiger partial charge in [0.25, 0.3) is 0 Å². The molecule has 0 spiro atoms. The predicted molar refractivity (Wildman–Crippen MR) is 54.9 cm³/mol. The topological polar surface area (TPSA) is 84.9 Å². The lowest BCUT2D eigenvalue weighted by molar-refractivity contribution is -0.165. The number of nitrogens with one attached hydrogen (secondary N) is 1. The summed E-state index contributed by atoms with van der Waals surface area (Å²) in [5, 5.41) is 13.0. The van der Waals surface area contributed by atoms with E-state index in [4.69, 9.17) is 9.47 Å². The molecule has 3 aliphatic rings. The molecule has 0 aromatic carbocycles. The zero-order chi connectivity index (χ0) is 12.6. The van der Waals surface area contributed by atoms with Gasteiger partial charge in [0.15, 0.2) is 5.54 Å². The van der Waals surface area contributed by atoms with E-state index in [2.05, 4.69) is 5.32 Å². The first-order chi connectivity index (χ1) is 7.82. The number of hydrogen-bond donors (Lipinski definition) is 2. The van der Waals surface area contributed by atoms with Gasteiger partial charge in [-0.3, -0.25) is 4.79 Å². The molecule has 0 aromatic rings. The number of aliphatic hydroxyl groups is 1. The molecular weight excluding hydrogens is 226 g/mol. The Morgan fingerprint density at radius 1 is 1.41 bits per heavy atom. The average Bonchev–Trinajstić information content (AvgIpc) is 2.69. The zero-order valence-corrected chi connectivity index (χ0v) is 9.94. The fourth-order valence-corrected chi connectivity index (χ4v) is 3.91. The quantitative estimate of drug-likeness (QED) is 0.450. The molecule has 17 heavy (non-hydrogen) atoms. The number of aliphatic hydroxyl groups excluding tert-OH is 1. The highest BCUT2D eigenvalue weighted by molar-refractivity contribution is 6.04. The monoisotopic (exact) mass is 241 g/mol. The van der Waals surface area contributed by atoms with Crippen molar-refractivity contribution in [3.05, 3.63) is 0 Å². The molecule has 0 aliphatic carbocycles. The highest BCUT2D eigenvalue weighted by Gasteiger charge is 2.83. The number of cyclic esters (lactones) is 2. The molecule has 3 fully saturated rings. The third-order valence-corrected chi connectivity index (χ3v) is 4.65. The smallest absolute Gasteiger partial charge is 0.338 e. The standard InChI is InChI=1S/C11H15NO5/c1-9-4-5(13)10(2,17-9)11(12-3)6(9)7(14)16-8(11)15/h5-6,12-13H,4H2,1-3H3/t5-,6?,9?,10?,11+/m0/s1. The summed E-state index contributed by atoms with van der Waals surface area (Å²) in [7, 11) is 1.58. The number of ether oxygens (including phenoxy) is 2. The van der Waals surface area contributed by atoms with Crippen LogP contribution in [0.25, 0.3) is 0 Å². The minimum atomic E-state index is -1.27. The molecule has 3 aliphatic heterocycles. The number of carbonyl (C=O) groups excluding carboxylic acids is 2. The van der Waals surface area contributed by atoms with Crippen molar-refractivity contribution in [3.63, 3.8) is 0 Å². The number of hydrogen-bond acceptors (Lipinski definition) is 6. The highest BCUT2D eigenvalue weighted by Crippen LogP contribution is 2.62. The number of fused-ring (bicyclic) bond motifs is 5. The van der Waals surface area contributed by atoms with Gasteiger partial charge in [0, 0.05) is 6.42 Å². The van der Waals surface area contributed by atoms with Crippen LogP contribution in [0.3, 0.4) is 0 Å².